The first-order valence-corrected chi connectivity index (χ1v) is 5.98. The van der Waals surface area contributed by atoms with Gasteiger partial charge in [0.25, 0.3) is 0 Å². The molecule has 4 N–H and O–H groups in total. The number of rotatable bonds is 4. The lowest BCUT2D eigenvalue weighted by atomic mass is 10.0. The number of hydrogen-bond donors (Lipinski definition) is 2. The Hall–Kier alpha value is -1.97. The quantitative estimate of drug-likeness (QED) is 0.632. The highest BCUT2D eigenvalue weighted by atomic mass is 15.1. The molecule has 0 fully saturated rings. The zero-order chi connectivity index (χ0) is 13.7. The molecule has 0 saturated carbocycles. The number of aliphatic imine (C=N–C) groups is 1. The minimum atomic E-state index is 0.405. The molecule has 1 aromatic rings. The molecular weight excluding hydrogens is 224 g/mol. The van der Waals surface area contributed by atoms with E-state index in [-0.39, 0.29) is 0 Å². The number of amidine groups is 1. The average Bonchev–Trinajstić information content (AvgIpc) is 2.28. The van der Waals surface area contributed by atoms with E-state index in [4.69, 9.17) is 11.5 Å². The zero-order valence-electron chi connectivity index (χ0n) is 11.5. The number of nitrogens with zero attached hydrogens (tertiary/aromatic N) is 2. The second kappa shape index (κ2) is 6.10. The molecular formula is C14H22N4. The molecule has 0 saturated heterocycles. The molecule has 0 unspecified atom stereocenters. The monoisotopic (exact) mass is 246 g/mol. The van der Waals surface area contributed by atoms with E-state index in [2.05, 4.69) is 24.9 Å². The zero-order valence-corrected chi connectivity index (χ0v) is 11.5. The lowest BCUT2D eigenvalue weighted by Gasteiger charge is -2.11. The maximum Gasteiger partial charge on any atom is 0.127 e. The molecule has 0 bridgehead atoms. The maximum absolute atomic E-state index is 5.84. The van der Waals surface area contributed by atoms with Crippen molar-refractivity contribution in [2.75, 3.05) is 14.1 Å². The molecule has 0 aromatic heterocycles. The molecule has 4 heteroatoms. The van der Waals surface area contributed by atoms with Gasteiger partial charge in [-0.3, -0.25) is 0 Å². The van der Waals surface area contributed by atoms with Gasteiger partial charge in [0.15, 0.2) is 0 Å². The Balaban J connectivity index is 2.95. The van der Waals surface area contributed by atoms with E-state index in [1.54, 1.807) is 11.0 Å². The van der Waals surface area contributed by atoms with Crippen LogP contribution in [0.25, 0.3) is 0 Å². The van der Waals surface area contributed by atoms with Gasteiger partial charge in [0.1, 0.15) is 11.7 Å². The van der Waals surface area contributed by atoms with Crippen LogP contribution in [0.2, 0.25) is 0 Å². The van der Waals surface area contributed by atoms with Crippen LogP contribution < -0.4 is 11.5 Å². The Bertz CT molecular complexity index is 459. The van der Waals surface area contributed by atoms with Crippen molar-refractivity contribution in [3.63, 3.8) is 0 Å². The third kappa shape index (κ3) is 4.13. The fourth-order valence-corrected chi connectivity index (χ4v) is 1.42. The minimum absolute atomic E-state index is 0.405. The van der Waals surface area contributed by atoms with Gasteiger partial charge in [-0.2, -0.15) is 0 Å². The molecule has 98 valence electrons. The second-order valence-electron chi connectivity index (χ2n) is 4.75. The van der Waals surface area contributed by atoms with Crippen LogP contribution in [0.5, 0.6) is 0 Å². The van der Waals surface area contributed by atoms with E-state index in [1.807, 2.05) is 32.3 Å². The Morgan fingerprint density at radius 2 is 1.94 bits per heavy atom. The molecule has 0 aliphatic carbocycles. The number of benzene rings is 1. The summed E-state index contributed by atoms with van der Waals surface area (Å²) in [5, 5.41) is 0. The van der Waals surface area contributed by atoms with E-state index in [9.17, 15) is 0 Å². The molecule has 0 atom stereocenters. The first kappa shape index (κ1) is 14.1. The van der Waals surface area contributed by atoms with Gasteiger partial charge in [-0.05, 0) is 23.6 Å². The summed E-state index contributed by atoms with van der Waals surface area (Å²) >= 11 is 0. The van der Waals surface area contributed by atoms with Crippen molar-refractivity contribution in [2.24, 2.45) is 16.5 Å². The van der Waals surface area contributed by atoms with Crippen molar-refractivity contribution in [2.45, 2.75) is 19.8 Å². The summed E-state index contributed by atoms with van der Waals surface area (Å²) in [6.07, 6.45) is 1.65. The van der Waals surface area contributed by atoms with Crippen LogP contribution in [0.3, 0.4) is 0 Å². The first-order chi connectivity index (χ1) is 8.40. The normalized spacial score (nSPS) is 12.9. The Morgan fingerprint density at radius 1 is 1.28 bits per heavy atom. The van der Waals surface area contributed by atoms with Crippen molar-refractivity contribution in [1.29, 1.82) is 0 Å². The number of nitrogens with two attached hydrogens (primary N) is 2. The number of hydrogen-bond acceptors (Lipinski definition) is 3. The first-order valence-electron chi connectivity index (χ1n) is 5.98. The molecule has 0 aliphatic rings. The fourth-order valence-electron chi connectivity index (χ4n) is 1.42. The van der Waals surface area contributed by atoms with Crippen LogP contribution >= 0.6 is 0 Å². The van der Waals surface area contributed by atoms with Gasteiger partial charge in [0.2, 0.25) is 0 Å². The predicted octanol–water partition coefficient (Wildman–Crippen LogP) is 2.16. The molecule has 1 aromatic carbocycles. The van der Waals surface area contributed by atoms with Crippen LogP contribution in [0.4, 0.5) is 5.69 Å². The maximum atomic E-state index is 5.84. The van der Waals surface area contributed by atoms with Gasteiger partial charge >= 0.3 is 0 Å². The topological polar surface area (TPSA) is 67.6 Å². The van der Waals surface area contributed by atoms with Crippen molar-refractivity contribution in [3.05, 3.63) is 41.7 Å². The van der Waals surface area contributed by atoms with E-state index in [1.165, 1.54) is 5.56 Å². The van der Waals surface area contributed by atoms with Crippen LogP contribution in [0.1, 0.15) is 25.3 Å². The fraction of sp³-hybridized carbons (Fsp3) is 0.357. The molecule has 0 radical (unpaired) electrons. The van der Waals surface area contributed by atoms with Gasteiger partial charge < -0.3 is 16.4 Å². The van der Waals surface area contributed by atoms with E-state index in [0.717, 1.165) is 5.69 Å². The summed E-state index contributed by atoms with van der Waals surface area (Å²) in [5.74, 6) is 1.46. The molecule has 0 heterocycles. The smallest absolute Gasteiger partial charge is 0.127 e. The standard InChI is InChI=1S/C14H22N4/c1-10(2)11-6-5-7-12(8-11)17-13(15)9-14(16)18(3)4/h5-10H,16H2,1-4H3,(H2,15,17). The van der Waals surface area contributed by atoms with Gasteiger partial charge in [-0.25, -0.2) is 4.99 Å². The molecule has 0 amide bonds. The summed E-state index contributed by atoms with van der Waals surface area (Å²) in [4.78, 5) is 6.12. The Morgan fingerprint density at radius 3 is 2.50 bits per heavy atom. The molecule has 1 rings (SSSR count). The summed E-state index contributed by atoms with van der Waals surface area (Å²) in [7, 11) is 3.72. The highest BCUT2D eigenvalue weighted by Crippen LogP contribution is 2.20. The lowest BCUT2D eigenvalue weighted by Crippen LogP contribution is -2.21. The molecule has 0 spiro atoms. The van der Waals surface area contributed by atoms with E-state index >= 15 is 0 Å². The van der Waals surface area contributed by atoms with Gasteiger partial charge in [-0.1, -0.05) is 26.0 Å². The highest BCUT2D eigenvalue weighted by molar-refractivity contribution is 5.93. The summed E-state index contributed by atoms with van der Waals surface area (Å²) in [6.45, 7) is 4.30. The van der Waals surface area contributed by atoms with Crippen molar-refractivity contribution in [1.82, 2.24) is 4.90 Å². The third-order valence-electron chi connectivity index (χ3n) is 2.61. The minimum Gasteiger partial charge on any atom is -0.385 e. The van der Waals surface area contributed by atoms with Crippen LogP contribution in [0, 0.1) is 0 Å². The van der Waals surface area contributed by atoms with Crippen LogP contribution in [-0.2, 0) is 0 Å². The van der Waals surface area contributed by atoms with E-state index < -0.39 is 0 Å². The van der Waals surface area contributed by atoms with Crippen molar-refractivity contribution < 1.29 is 0 Å². The molecule has 18 heavy (non-hydrogen) atoms. The predicted molar refractivity (Wildman–Crippen MR) is 77.8 cm³/mol. The second-order valence-corrected chi connectivity index (χ2v) is 4.75. The Labute approximate surface area is 109 Å². The van der Waals surface area contributed by atoms with Gasteiger partial charge in [0.05, 0.1) is 5.69 Å². The van der Waals surface area contributed by atoms with Gasteiger partial charge in [-0.15, -0.1) is 0 Å². The van der Waals surface area contributed by atoms with Crippen molar-refractivity contribution in [3.8, 4) is 0 Å². The SMILES string of the molecule is CC(C)c1cccc(N=C(N)C=C(N)N(C)C)c1. The van der Waals surface area contributed by atoms with Gasteiger partial charge in [0, 0.05) is 20.2 Å². The van der Waals surface area contributed by atoms with Crippen molar-refractivity contribution >= 4 is 11.5 Å². The van der Waals surface area contributed by atoms with Crippen LogP contribution in [0.15, 0.2) is 41.2 Å². The third-order valence-corrected chi connectivity index (χ3v) is 2.61. The highest BCUT2D eigenvalue weighted by Gasteiger charge is 2.00. The lowest BCUT2D eigenvalue weighted by molar-refractivity contribution is 0.506. The summed E-state index contributed by atoms with van der Waals surface area (Å²) in [6, 6.07) is 8.04. The summed E-state index contributed by atoms with van der Waals surface area (Å²) in [5.41, 5.74) is 13.7. The Kier molecular flexibility index (Phi) is 4.77. The average molecular weight is 246 g/mol. The summed E-state index contributed by atoms with van der Waals surface area (Å²) < 4.78 is 0. The molecule has 4 nitrogen and oxygen atoms in total. The molecule has 0 aliphatic heterocycles. The van der Waals surface area contributed by atoms with Crippen LogP contribution in [-0.4, -0.2) is 24.8 Å². The van der Waals surface area contributed by atoms with E-state index in [0.29, 0.717) is 17.6 Å². The largest absolute Gasteiger partial charge is 0.385 e.